The minimum absolute atomic E-state index is 0.0718. The fourth-order valence-electron chi connectivity index (χ4n) is 1.85. The predicted octanol–water partition coefficient (Wildman–Crippen LogP) is 0.618. The van der Waals surface area contributed by atoms with Gasteiger partial charge in [-0.15, -0.1) is 5.10 Å². The molecule has 9 nitrogen and oxygen atoms in total. The van der Waals surface area contributed by atoms with Gasteiger partial charge in [0.2, 0.25) is 5.91 Å². The van der Waals surface area contributed by atoms with Gasteiger partial charge in [-0.25, -0.2) is 4.79 Å². The highest BCUT2D eigenvalue weighted by Crippen LogP contribution is 2.14. The first kappa shape index (κ1) is 16.4. The highest BCUT2D eigenvalue weighted by atomic mass is 16.2. The second kappa shape index (κ2) is 7.87. The molecule has 0 saturated carbocycles. The number of amides is 3. The van der Waals surface area contributed by atoms with Crippen molar-refractivity contribution < 1.29 is 9.59 Å². The average Bonchev–Trinajstić information content (AvgIpc) is 2.97. The van der Waals surface area contributed by atoms with Crippen LogP contribution < -0.4 is 16.0 Å². The Hall–Kier alpha value is -2.97. The maximum absolute atomic E-state index is 11.8. The standard InChI is InChI=1S/C14H19N7O2/c1-3-7-15-13(22)9-16-14(23)17-11-5-4-6-12(8-11)21-10(2)18-19-20-21/h4-6,8H,3,7,9H2,1-2H3,(H,15,22)(H2,16,17,23). The second-order valence-electron chi connectivity index (χ2n) is 4.85. The van der Waals surface area contributed by atoms with Crippen molar-refractivity contribution in [1.29, 1.82) is 0 Å². The topological polar surface area (TPSA) is 114 Å². The number of nitrogens with zero attached hydrogens (tertiary/aromatic N) is 4. The summed E-state index contributed by atoms with van der Waals surface area (Å²) in [5, 5.41) is 19.1. The van der Waals surface area contributed by atoms with Gasteiger partial charge < -0.3 is 16.0 Å². The number of nitrogens with one attached hydrogen (secondary N) is 3. The molecule has 23 heavy (non-hydrogen) atoms. The van der Waals surface area contributed by atoms with E-state index in [1.165, 1.54) is 0 Å². The first-order chi connectivity index (χ1) is 11.1. The van der Waals surface area contributed by atoms with Crippen molar-refractivity contribution in [2.75, 3.05) is 18.4 Å². The van der Waals surface area contributed by atoms with Crippen LogP contribution in [0, 0.1) is 6.92 Å². The second-order valence-corrected chi connectivity index (χ2v) is 4.85. The molecule has 1 heterocycles. The molecule has 0 spiro atoms. The summed E-state index contributed by atoms with van der Waals surface area (Å²) in [6.07, 6.45) is 0.848. The minimum Gasteiger partial charge on any atom is -0.355 e. The Labute approximate surface area is 133 Å². The molecule has 2 rings (SSSR count). The maximum atomic E-state index is 11.8. The van der Waals surface area contributed by atoms with Crippen LogP contribution in [0.5, 0.6) is 0 Å². The zero-order valence-corrected chi connectivity index (χ0v) is 13.0. The van der Waals surface area contributed by atoms with E-state index in [-0.39, 0.29) is 12.5 Å². The number of hydrogen-bond donors (Lipinski definition) is 3. The Morgan fingerprint density at radius 1 is 1.26 bits per heavy atom. The Kier molecular flexibility index (Phi) is 5.61. The summed E-state index contributed by atoms with van der Waals surface area (Å²) in [6.45, 7) is 4.26. The number of tetrazole rings is 1. The highest BCUT2D eigenvalue weighted by molar-refractivity contribution is 5.92. The van der Waals surface area contributed by atoms with Crippen LogP contribution >= 0.6 is 0 Å². The van der Waals surface area contributed by atoms with Crippen molar-refractivity contribution in [1.82, 2.24) is 30.8 Å². The smallest absolute Gasteiger partial charge is 0.319 e. The first-order valence-electron chi connectivity index (χ1n) is 7.27. The molecular formula is C14H19N7O2. The molecule has 1 aromatic carbocycles. The molecule has 0 aliphatic rings. The normalized spacial score (nSPS) is 10.2. The van der Waals surface area contributed by atoms with E-state index in [9.17, 15) is 9.59 Å². The molecular weight excluding hydrogens is 298 g/mol. The molecule has 0 unspecified atom stereocenters. The van der Waals surface area contributed by atoms with Crippen LogP contribution in [-0.4, -0.2) is 45.2 Å². The van der Waals surface area contributed by atoms with Gasteiger partial charge in [0, 0.05) is 12.2 Å². The molecule has 0 fully saturated rings. The molecule has 0 radical (unpaired) electrons. The van der Waals surface area contributed by atoms with Crippen LogP contribution in [0.3, 0.4) is 0 Å². The van der Waals surface area contributed by atoms with E-state index in [1.807, 2.05) is 13.0 Å². The number of aryl methyl sites for hydroxylation is 1. The van der Waals surface area contributed by atoms with Crippen molar-refractivity contribution in [2.45, 2.75) is 20.3 Å². The number of aromatic nitrogens is 4. The quantitative estimate of drug-likeness (QED) is 0.722. The third-order valence-corrected chi connectivity index (χ3v) is 2.96. The Bertz CT molecular complexity index is 683. The molecule has 1 aromatic heterocycles. The summed E-state index contributed by atoms with van der Waals surface area (Å²) in [5.41, 5.74) is 1.30. The molecule has 3 amide bonds. The van der Waals surface area contributed by atoms with Crippen molar-refractivity contribution in [3.05, 3.63) is 30.1 Å². The summed E-state index contributed by atoms with van der Waals surface area (Å²) in [7, 11) is 0. The third-order valence-electron chi connectivity index (χ3n) is 2.96. The Balaban J connectivity index is 1.92. The van der Waals surface area contributed by atoms with Gasteiger partial charge >= 0.3 is 6.03 Å². The van der Waals surface area contributed by atoms with Crippen LogP contribution in [0.2, 0.25) is 0 Å². The molecule has 2 aromatic rings. The molecule has 0 saturated heterocycles. The van der Waals surface area contributed by atoms with Crippen LogP contribution in [0.15, 0.2) is 24.3 Å². The van der Waals surface area contributed by atoms with Crippen molar-refractivity contribution in [2.24, 2.45) is 0 Å². The van der Waals surface area contributed by atoms with Crippen LogP contribution in [-0.2, 0) is 4.79 Å². The lowest BCUT2D eigenvalue weighted by Gasteiger charge is -2.09. The largest absolute Gasteiger partial charge is 0.355 e. The average molecular weight is 317 g/mol. The van der Waals surface area contributed by atoms with Gasteiger partial charge in [-0.3, -0.25) is 4.79 Å². The van der Waals surface area contributed by atoms with Gasteiger partial charge in [-0.05, 0) is 42.0 Å². The molecule has 0 bridgehead atoms. The zero-order valence-electron chi connectivity index (χ0n) is 13.0. The fraction of sp³-hybridized carbons (Fsp3) is 0.357. The van der Waals surface area contributed by atoms with Gasteiger partial charge in [0.1, 0.15) is 0 Å². The molecule has 0 aliphatic carbocycles. The lowest BCUT2D eigenvalue weighted by molar-refractivity contribution is -0.120. The number of benzene rings is 1. The van der Waals surface area contributed by atoms with E-state index >= 15 is 0 Å². The predicted molar refractivity (Wildman–Crippen MR) is 84.2 cm³/mol. The number of rotatable bonds is 6. The first-order valence-corrected chi connectivity index (χ1v) is 7.27. The number of anilines is 1. The summed E-state index contributed by atoms with van der Waals surface area (Å²) >= 11 is 0. The van der Waals surface area contributed by atoms with Crippen molar-refractivity contribution >= 4 is 17.6 Å². The summed E-state index contributed by atoms with van der Waals surface area (Å²) in [4.78, 5) is 23.2. The lowest BCUT2D eigenvalue weighted by Crippen LogP contribution is -2.39. The molecule has 122 valence electrons. The van der Waals surface area contributed by atoms with Crippen molar-refractivity contribution in [3.63, 3.8) is 0 Å². The van der Waals surface area contributed by atoms with Crippen LogP contribution in [0.4, 0.5) is 10.5 Å². The van der Waals surface area contributed by atoms with Gasteiger partial charge in [0.05, 0.1) is 12.2 Å². The molecule has 9 heteroatoms. The Morgan fingerprint density at radius 2 is 2.09 bits per heavy atom. The van der Waals surface area contributed by atoms with E-state index in [0.29, 0.717) is 18.1 Å². The summed E-state index contributed by atoms with van der Waals surface area (Å²) in [6, 6.07) is 6.62. The van der Waals surface area contributed by atoms with Gasteiger partial charge in [-0.2, -0.15) is 4.68 Å². The van der Waals surface area contributed by atoms with Crippen LogP contribution in [0.1, 0.15) is 19.2 Å². The third kappa shape index (κ3) is 4.77. The lowest BCUT2D eigenvalue weighted by atomic mass is 10.3. The van der Waals surface area contributed by atoms with Crippen molar-refractivity contribution in [3.8, 4) is 5.69 Å². The fourth-order valence-corrected chi connectivity index (χ4v) is 1.85. The SMILES string of the molecule is CCCNC(=O)CNC(=O)Nc1cccc(-n2nnnc2C)c1. The molecule has 0 atom stereocenters. The summed E-state index contributed by atoms with van der Waals surface area (Å²) < 4.78 is 1.56. The Morgan fingerprint density at radius 3 is 2.78 bits per heavy atom. The van der Waals surface area contributed by atoms with E-state index in [0.717, 1.165) is 12.1 Å². The molecule has 3 N–H and O–H groups in total. The van der Waals surface area contributed by atoms with E-state index < -0.39 is 6.03 Å². The van der Waals surface area contributed by atoms with E-state index in [4.69, 9.17) is 0 Å². The van der Waals surface area contributed by atoms with E-state index in [1.54, 1.807) is 29.8 Å². The van der Waals surface area contributed by atoms with Gasteiger partial charge in [-0.1, -0.05) is 13.0 Å². The monoisotopic (exact) mass is 317 g/mol. The number of hydrogen-bond acceptors (Lipinski definition) is 5. The van der Waals surface area contributed by atoms with Gasteiger partial charge in [0.25, 0.3) is 0 Å². The van der Waals surface area contributed by atoms with Crippen LogP contribution in [0.25, 0.3) is 5.69 Å². The summed E-state index contributed by atoms with van der Waals surface area (Å²) in [5.74, 6) is 0.416. The zero-order chi connectivity index (χ0) is 16.7. The number of urea groups is 1. The molecule has 0 aliphatic heterocycles. The highest BCUT2D eigenvalue weighted by Gasteiger charge is 2.07. The minimum atomic E-state index is -0.456. The number of carbonyl (C=O) groups excluding carboxylic acids is 2. The van der Waals surface area contributed by atoms with E-state index in [2.05, 4.69) is 31.5 Å². The maximum Gasteiger partial charge on any atom is 0.319 e. The number of carbonyl (C=O) groups is 2. The van der Waals surface area contributed by atoms with Gasteiger partial charge in [0.15, 0.2) is 5.82 Å².